The summed E-state index contributed by atoms with van der Waals surface area (Å²) in [6.07, 6.45) is -14.8. The minimum atomic E-state index is -6.01. The summed E-state index contributed by atoms with van der Waals surface area (Å²) in [5.41, 5.74) is -2.56. The molecule has 0 aliphatic rings. The van der Waals surface area contributed by atoms with E-state index in [1.807, 2.05) is 0 Å². The highest BCUT2D eigenvalue weighted by Gasteiger charge is 2.57. The van der Waals surface area contributed by atoms with Gasteiger partial charge in [-0.3, -0.25) is 4.98 Å². The third kappa shape index (κ3) is 7.71. The van der Waals surface area contributed by atoms with E-state index in [9.17, 15) is 48.7 Å². The maximum Gasteiger partial charge on any atom is 0.461 e. The maximum absolute atomic E-state index is 14.7. The molecule has 1 heterocycles. The van der Waals surface area contributed by atoms with Gasteiger partial charge in [-0.05, 0) is 35.4 Å². The first-order valence-corrected chi connectivity index (χ1v) is 11.7. The number of alkyl halides is 9. The summed E-state index contributed by atoms with van der Waals surface area (Å²) in [5.74, 6) is -7.78. The van der Waals surface area contributed by atoms with E-state index in [0.717, 1.165) is 6.20 Å². The Morgan fingerprint density at radius 2 is 1.61 bits per heavy atom. The number of aromatic nitrogens is 1. The van der Waals surface area contributed by atoms with Crippen molar-refractivity contribution in [2.45, 2.75) is 36.6 Å². The number of ether oxygens (including phenoxy) is 1. The van der Waals surface area contributed by atoms with E-state index >= 15 is 0 Å². The van der Waals surface area contributed by atoms with E-state index in [2.05, 4.69) is 15.0 Å². The lowest BCUT2D eigenvalue weighted by Crippen LogP contribution is -2.55. The highest BCUT2D eigenvalue weighted by Crippen LogP contribution is 2.38. The van der Waals surface area contributed by atoms with E-state index < -0.39 is 66.3 Å². The Kier molecular flexibility index (Phi) is 9.30. The fourth-order valence-corrected chi connectivity index (χ4v) is 3.76. The molecular formula is C25H18ClF10N3O2. The second-order valence-electron chi connectivity index (χ2n) is 8.58. The van der Waals surface area contributed by atoms with E-state index in [4.69, 9.17) is 11.6 Å². The van der Waals surface area contributed by atoms with Crippen molar-refractivity contribution in [3.63, 3.8) is 0 Å². The quantitative estimate of drug-likeness (QED) is 0.239. The van der Waals surface area contributed by atoms with Crippen LogP contribution in [0.25, 0.3) is 0 Å². The van der Waals surface area contributed by atoms with Crippen molar-refractivity contribution < 1.29 is 53.4 Å². The van der Waals surface area contributed by atoms with Crippen LogP contribution in [0.15, 0.2) is 66.9 Å². The summed E-state index contributed by atoms with van der Waals surface area (Å²) in [7, 11) is 0. The number of amides is 2. The van der Waals surface area contributed by atoms with Crippen LogP contribution in [0.4, 0.5) is 48.7 Å². The number of carbonyl (C=O) groups is 1. The molecule has 0 aliphatic heterocycles. The van der Waals surface area contributed by atoms with Crippen molar-refractivity contribution in [3.8, 4) is 5.75 Å². The van der Waals surface area contributed by atoms with E-state index in [-0.39, 0.29) is 10.7 Å². The van der Waals surface area contributed by atoms with Crippen LogP contribution in [0.3, 0.4) is 0 Å². The molecule has 16 heteroatoms. The highest BCUT2D eigenvalue weighted by molar-refractivity contribution is 6.30. The standard InChI is InChI=1S/C25H18ClF10N3O2/c26-16-6-7-19(37-12-16)22(11-14-4-2-1-3-5-14,39-21(40)38-13-23(30,31)25(34,35)36)15-8-17(27)10-18(9-15)41-24(32,33)20(28)29/h1-10,12,20H,11,13H2,(H2,38,39,40). The molecule has 3 aromatic rings. The monoisotopic (exact) mass is 617 g/mol. The predicted molar refractivity (Wildman–Crippen MR) is 126 cm³/mol. The van der Waals surface area contributed by atoms with E-state index in [1.54, 1.807) is 6.07 Å². The Bertz CT molecular complexity index is 1340. The summed E-state index contributed by atoms with van der Waals surface area (Å²) in [6, 6.07) is 10.1. The van der Waals surface area contributed by atoms with Crippen LogP contribution in [0, 0.1) is 5.82 Å². The molecule has 3 rings (SSSR count). The van der Waals surface area contributed by atoms with Crippen LogP contribution in [-0.2, 0) is 12.0 Å². The smallest absolute Gasteiger partial charge is 0.428 e. The zero-order valence-corrected chi connectivity index (χ0v) is 21.0. The Morgan fingerprint density at radius 3 is 2.17 bits per heavy atom. The maximum atomic E-state index is 14.7. The SMILES string of the molecule is O=C(NCC(F)(F)C(F)(F)F)NC(Cc1ccccc1)(c1cc(F)cc(OC(F)(F)C(F)F)c1)c1ccc(Cl)cn1. The van der Waals surface area contributed by atoms with E-state index in [0.29, 0.717) is 23.8 Å². The van der Waals surface area contributed by atoms with Crippen LogP contribution in [-0.4, -0.2) is 42.2 Å². The third-order valence-electron chi connectivity index (χ3n) is 5.56. The molecule has 0 fully saturated rings. The Hall–Kier alpha value is -3.75. The molecule has 0 bridgehead atoms. The van der Waals surface area contributed by atoms with Gasteiger partial charge in [0, 0.05) is 18.7 Å². The second-order valence-corrected chi connectivity index (χ2v) is 9.02. The Balaban J connectivity index is 2.19. The zero-order chi connectivity index (χ0) is 30.6. The average Bonchev–Trinajstić information content (AvgIpc) is 2.87. The molecule has 0 radical (unpaired) electrons. The summed E-state index contributed by atoms with van der Waals surface area (Å²) in [5, 5.41) is 3.62. The van der Waals surface area contributed by atoms with Gasteiger partial charge in [0.25, 0.3) is 0 Å². The van der Waals surface area contributed by atoms with Crippen LogP contribution in [0.5, 0.6) is 5.75 Å². The van der Waals surface area contributed by atoms with Gasteiger partial charge in [-0.15, -0.1) is 0 Å². The van der Waals surface area contributed by atoms with Crippen molar-refractivity contribution in [1.29, 1.82) is 0 Å². The molecule has 1 unspecified atom stereocenters. The molecule has 1 atom stereocenters. The lowest BCUT2D eigenvalue weighted by atomic mass is 9.80. The molecule has 222 valence electrons. The molecule has 0 aliphatic carbocycles. The number of carbonyl (C=O) groups excluding carboxylic acids is 1. The minimum absolute atomic E-state index is 0.0523. The second kappa shape index (κ2) is 12.0. The minimum Gasteiger partial charge on any atom is -0.428 e. The number of pyridine rings is 1. The highest BCUT2D eigenvalue weighted by atomic mass is 35.5. The van der Waals surface area contributed by atoms with Gasteiger partial charge in [-0.25, -0.2) is 9.18 Å². The molecule has 5 nitrogen and oxygen atoms in total. The third-order valence-corrected chi connectivity index (χ3v) is 5.79. The number of nitrogens with zero attached hydrogens (tertiary/aromatic N) is 1. The topological polar surface area (TPSA) is 63.2 Å². The van der Waals surface area contributed by atoms with Gasteiger partial charge in [0.2, 0.25) is 0 Å². The fourth-order valence-electron chi connectivity index (χ4n) is 3.65. The largest absolute Gasteiger partial charge is 0.461 e. The summed E-state index contributed by atoms with van der Waals surface area (Å²) in [6.45, 7) is -2.20. The molecule has 2 amide bonds. The first-order chi connectivity index (χ1) is 18.9. The molecule has 2 aromatic carbocycles. The molecule has 0 spiro atoms. The number of hydrogen-bond donors (Lipinski definition) is 2. The van der Waals surface area contributed by atoms with Crippen LogP contribution in [0.1, 0.15) is 16.8 Å². The summed E-state index contributed by atoms with van der Waals surface area (Å²) >= 11 is 5.88. The van der Waals surface area contributed by atoms with Gasteiger partial charge in [0.1, 0.15) is 17.1 Å². The zero-order valence-electron chi connectivity index (χ0n) is 20.3. The lowest BCUT2D eigenvalue weighted by molar-refractivity contribution is -0.278. The fraction of sp³-hybridized carbons (Fsp3) is 0.280. The number of halogens is 11. The van der Waals surface area contributed by atoms with Crippen LogP contribution >= 0.6 is 11.6 Å². The first-order valence-electron chi connectivity index (χ1n) is 11.3. The normalized spacial score (nSPS) is 14.0. The molecule has 41 heavy (non-hydrogen) atoms. The van der Waals surface area contributed by atoms with Gasteiger partial charge < -0.3 is 15.4 Å². The van der Waals surface area contributed by atoms with Gasteiger partial charge in [0.05, 0.1) is 17.3 Å². The summed E-state index contributed by atoms with van der Waals surface area (Å²) < 4.78 is 136. The van der Waals surface area contributed by atoms with E-state index in [1.165, 1.54) is 41.7 Å². The van der Waals surface area contributed by atoms with Crippen LogP contribution < -0.4 is 15.4 Å². The van der Waals surface area contributed by atoms with Crippen molar-refractivity contribution in [2.75, 3.05) is 6.54 Å². The van der Waals surface area contributed by atoms with Gasteiger partial charge >= 0.3 is 30.7 Å². The predicted octanol–water partition coefficient (Wildman–Crippen LogP) is 7.09. The van der Waals surface area contributed by atoms with Crippen molar-refractivity contribution in [2.24, 2.45) is 0 Å². The molecule has 0 saturated carbocycles. The lowest BCUT2D eigenvalue weighted by Gasteiger charge is -2.36. The number of urea groups is 1. The van der Waals surface area contributed by atoms with Crippen molar-refractivity contribution in [1.82, 2.24) is 15.6 Å². The molecule has 2 N–H and O–H groups in total. The Morgan fingerprint density at radius 1 is 0.951 bits per heavy atom. The van der Waals surface area contributed by atoms with Gasteiger partial charge in [0.15, 0.2) is 0 Å². The Labute approximate surface area is 230 Å². The van der Waals surface area contributed by atoms with Crippen LogP contribution in [0.2, 0.25) is 5.02 Å². The molecule has 1 aromatic heterocycles. The number of benzene rings is 2. The first kappa shape index (κ1) is 31.8. The van der Waals surface area contributed by atoms with Gasteiger partial charge in [-0.1, -0.05) is 41.9 Å². The number of nitrogens with one attached hydrogen (secondary N) is 2. The molecular weight excluding hydrogens is 600 g/mol. The summed E-state index contributed by atoms with van der Waals surface area (Å²) in [4.78, 5) is 16.9. The number of hydrogen-bond acceptors (Lipinski definition) is 3. The molecule has 0 saturated heterocycles. The van der Waals surface area contributed by atoms with Crippen molar-refractivity contribution in [3.05, 3.63) is 94.5 Å². The van der Waals surface area contributed by atoms with Gasteiger partial charge in [-0.2, -0.15) is 39.5 Å². The number of rotatable bonds is 10. The van der Waals surface area contributed by atoms with Crippen molar-refractivity contribution >= 4 is 17.6 Å². The average molecular weight is 618 g/mol.